The first kappa shape index (κ1) is 17.3. The molecule has 1 fully saturated rings. The first-order chi connectivity index (χ1) is 10.3. The number of sulfonamides is 1. The summed E-state index contributed by atoms with van der Waals surface area (Å²) in [6.07, 6.45) is 8.36. The highest BCUT2D eigenvalue weighted by Crippen LogP contribution is 2.17. The van der Waals surface area contributed by atoms with E-state index in [-0.39, 0.29) is 30.6 Å². The van der Waals surface area contributed by atoms with Crippen LogP contribution in [0.5, 0.6) is 0 Å². The summed E-state index contributed by atoms with van der Waals surface area (Å²) in [6.45, 7) is 1.19. The second-order valence-electron chi connectivity index (χ2n) is 5.81. The quantitative estimate of drug-likeness (QED) is 0.762. The van der Waals surface area contributed by atoms with Gasteiger partial charge in [-0.25, -0.2) is 17.4 Å². The molecule has 0 aromatic rings. The molecule has 0 saturated carbocycles. The Morgan fingerprint density at radius 1 is 1.36 bits per heavy atom. The van der Waals surface area contributed by atoms with Gasteiger partial charge in [-0.15, -0.1) is 3.77 Å². The normalized spacial score (nSPS) is 24.8. The monoisotopic (exact) mass is 349 g/mol. The van der Waals surface area contributed by atoms with Crippen LogP contribution in [-0.2, 0) is 19.8 Å². The van der Waals surface area contributed by atoms with Crippen LogP contribution in [0.25, 0.3) is 0 Å². The zero-order valence-electron chi connectivity index (χ0n) is 12.7. The van der Waals surface area contributed by atoms with E-state index in [0.717, 1.165) is 25.5 Å². The molecule has 0 spiro atoms. The molecule has 0 bridgehead atoms. The summed E-state index contributed by atoms with van der Waals surface area (Å²) in [5.74, 6) is 0.697. The van der Waals surface area contributed by atoms with Gasteiger partial charge in [0.05, 0.1) is 27.5 Å². The van der Waals surface area contributed by atoms with E-state index in [2.05, 4.69) is 21.2 Å². The Labute approximate surface area is 132 Å². The van der Waals surface area contributed by atoms with Crippen LogP contribution in [0, 0.1) is 5.92 Å². The minimum atomic E-state index is -3.62. The average Bonchev–Trinajstić information content (AvgIpc) is 2.44. The van der Waals surface area contributed by atoms with Gasteiger partial charge < -0.3 is 10.2 Å². The number of allylic oxidation sites excluding steroid dienone is 2. The first-order valence-corrected chi connectivity index (χ1v) is 11.1. The number of urea groups is 1. The second-order valence-corrected chi connectivity index (χ2v) is 10.2. The van der Waals surface area contributed by atoms with Crippen LogP contribution in [-0.4, -0.2) is 61.0 Å². The maximum absolute atomic E-state index is 12.3. The molecule has 1 aliphatic carbocycles. The standard InChI is InChI=1S/C13H23N3O4S2/c1-21(18,19)15-22(20)9-7-16(8-10-22)13(17)14-11-12-5-3-2-4-6-12/h2-3,12H,4-11H2,1H3,(H,14,17). The van der Waals surface area contributed by atoms with E-state index in [0.29, 0.717) is 12.5 Å². The molecule has 2 amide bonds. The van der Waals surface area contributed by atoms with Crippen molar-refractivity contribution >= 4 is 25.8 Å². The van der Waals surface area contributed by atoms with Crippen molar-refractivity contribution in [3.8, 4) is 0 Å². The molecule has 0 radical (unpaired) electrons. The number of nitrogens with zero attached hydrogens (tertiary/aromatic N) is 2. The van der Waals surface area contributed by atoms with Gasteiger partial charge in [0.2, 0.25) is 0 Å². The van der Waals surface area contributed by atoms with E-state index in [1.165, 1.54) is 0 Å². The Kier molecular flexibility index (Phi) is 5.49. The zero-order valence-corrected chi connectivity index (χ0v) is 14.4. The van der Waals surface area contributed by atoms with Crippen LogP contribution < -0.4 is 5.32 Å². The fraction of sp³-hybridized carbons (Fsp3) is 0.769. The van der Waals surface area contributed by atoms with Crippen LogP contribution in [0.2, 0.25) is 0 Å². The summed E-state index contributed by atoms with van der Waals surface area (Å²) in [7, 11) is -6.36. The lowest BCUT2D eigenvalue weighted by Gasteiger charge is -2.29. The van der Waals surface area contributed by atoms with Gasteiger partial charge >= 0.3 is 6.03 Å². The number of hydrogen-bond donors (Lipinski definition) is 1. The highest BCUT2D eigenvalue weighted by atomic mass is 32.3. The Balaban J connectivity index is 1.83. The van der Waals surface area contributed by atoms with Gasteiger partial charge in [-0.3, -0.25) is 0 Å². The summed E-state index contributed by atoms with van der Waals surface area (Å²) in [6, 6.07) is -0.171. The molecule has 1 saturated heterocycles. The molecule has 1 unspecified atom stereocenters. The van der Waals surface area contributed by atoms with E-state index in [4.69, 9.17) is 0 Å². The topological polar surface area (TPSA) is 95.9 Å². The highest BCUT2D eigenvalue weighted by Gasteiger charge is 2.25. The Hall–Kier alpha value is -1.09. The minimum Gasteiger partial charge on any atom is -0.338 e. The molecular weight excluding hydrogens is 326 g/mol. The number of nitrogens with one attached hydrogen (secondary N) is 1. The molecule has 0 aromatic carbocycles. The molecule has 22 heavy (non-hydrogen) atoms. The summed E-state index contributed by atoms with van der Waals surface area (Å²) in [5, 5.41) is 2.91. The summed E-state index contributed by atoms with van der Waals surface area (Å²) < 4.78 is 38.0. The third-order valence-electron chi connectivity index (χ3n) is 3.84. The fourth-order valence-electron chi connectivity index (χ4n) is 2.63. The lowest BCUT2D eigenvalue weighted by molar-refractivity contribution is 0.200. The van der Waals surface area contributed by atoms with Gasteiger partial charge in [0, 0.05) is 19.6 Å². The van der Waals surface area contributed by atoms with Gasteiger partial charge in [-0.1, -0.05) is 12.2 Å². The van der Waals surface area contributed by atoms with Crippen molar-refractivity contribution in [2.75, 3.05) is 37.4 Å². The summed E-state index contributed by atoms with van der Waals surface area (Å²) in [4.78, 5) is 13.7. The largest absolute Gasteiger partial charge is 0.338 e. The molecule has 9 heteroatoms. The first-order valence-electron chi connectivity index (χ1n) is 7.39. The van der Waals surface area contributed by atoms with Crippen LogP contribution in [0.3, 0.4) is 0 Å². The molecule has 1 atom stereocenters. The van der Waals surface area contributed by atoms with E-state index in [1.54, 1.807) is 4.90 Å². The van der Waals surface area contributed by atoms with Crippen molar-refractivity contribution in [2.24, 2.45) is 9.69 Å². The molecule has 1 aliphatic heterocycles. The highest BCUT2D eigenvalue weighted by molar-refractivity contribution is 8.03. The fourth-order valence-corrected chi connectivity index (χ4v) is 6.41. The third kappa shape index (κ3) is 5.28. The predicted octanol–water partition coefficient (Wildman–Crippen LogP) is 0.796. The van der Waals surface area contributed by atoms with Crippen molar-refractivity contribution in [2.45, 2.75) is 19.3 Å². The third-order valence-corrected chi connectivity index (χ3v) is 7.65. The maximum Gasteiger partial charge on any atom is 0.317 e. The van der Waals surface area contributed by atoms with Crippen LogP contribution in [0.4, 0.5) is 4.79 Å². The molecule has 1 N–H and O–H groups in total. The van der Waals surface area contributed by atoms with Gasteiger partial charge in [0.15, 0.2) is 0 Å². The molecular formula is C13H23N3O4S2. The maximum atomic E-state index is 12.3. The number of rotatable bonds is 3. The predicted molar refractivity (Wildman–Crippen MR) is 86.6 cm³/mol. The number of carbonyl (C=O) groups excluding carboxylic acids is 1. The Morgan fingerprint density at radius 3 is 2.59 bits per heavy atom. The minimum absolute atomic E-state index is 0.111. The van der Waals surface area contributed by atoms with Gasteiger partial charge in [-0.2, -0.15) is 0 Å². The lowest BCUT2D eigenvalue weighted by atomic mass is 9.94. The van der Waals surface area contributed by atoms with Crippen LogP contribution in [0.1, 0.15) is 19.3 Å². The molecule has 2 aliphatic rings. The van der Waals surface area contributed by atoms with Crippen molar-refractivity contribution in [1.82, 2.24) is 10.2 Å². The molecule has 126 valence electrons. The van der Waals surface area contributed by atoms with Gasteiger partial charge in [0.25, 0.3) is 10.0 Å². The van der Waals surface area contributed by atoms with Crippen molar-refractivity contribution < 1.29 is 17.4 Å². The van der Waals surface area contributed by atoms with Gasteiger partial charge in [0.1, 0.15) is 0 Å². The van der Waals surface area contributed by atoms with Gasteiger partial charge in [-0.05, 0) is 25.2 Å². The van der Waals surface area contributed by atoms with Crippen molar-refractivity contribution in [3.63, 3.8) is 0 Å². The van der Waals surface area contributed by atoms with E-state index < -0.39 is 19.8 Å². The lowest BCUT2D eigenvalue weighted by Crippen LogP contribution is -2.49. The van der Waals surface area contributed by atoms with E-state index in [9.17, 15) is 17.4 Å². The molecule has 1 heterocycles. The molecule has 0 aromatic heterocycles. The number of carbonyl (C=O) groups is 1. The second kappa shape index (κ2) is 6.99. The number of amides is 2. The zero-order chi connectivity index (χ0) is 16.2. The van der Waals surface area contributed by atoms with Crippen molar-refractivity contribution in [3.05, 3.63) is 12.2 Å². The van der Waals surface area contributed by atoms with Crippen LogP contribution in [0.15, 0.2) is 15.9 Å². The Bertz CT molecular complexity index is 649. The van der Waals surface area contributed by atoms with E-state index in [1.807, 2.05) is 0 Å². The SMILES string of the molecule is CS(=O)(=O)N=S1(=O)CCN(C(=O)NCC2CC=CCC2)CC1. The van der Waals surface area contributed by atoms with Crippen LogP contribution >= 0.6 is 0 Å². The molecule has 7 nitrogen and oxygen atoms in total. The molecule has 2 rings (SSSR count). The average molecular weight is 349 g/mol. The smallest absolute Gasteiger partial charge is 0.317 e. The van der Waals surface area contributed by atoms with Crippen molar-refractivity contribution in [1.29, 1.82) is 0 Å². The Morgan fingerprint density at radius 2 is 2.05 bits per heavy atom. The summed E-state index contributed by atoms with van der Waals surface area (Å²) >= 11 is 0. The summed E-state index contributed by atoms with van der Waals surface area (Å²) in [5.41, 5.74) is 0. The van der Waals surface area contributed by atoms with E-state index >= 15 is 0 Å². The number of hydrogen-bond acceptors (Lipinski definition) is 4.